The Balaban J connectivity index is 1.46. The Morgan fingerprint density at radius 2 is 1.53 bits per heavy atom. The van der Waals surface area contributed by atoms with E-state index in [0.717, 1.165) is 58.5 Å². The second-order valence-corrected chi connectivity index (χ2v) is 10.3. The summed E-state index contributed by atoms with van der Waals surface area (Å²) < 4.78 is 0. The van der Waals surface area contributed by atoms with E-state index in [1.54, 1.807) is 0 Å². The van der Waals surface area contributed by atoms with Gasteiger partial charge in [0.15, 0.2) is 0 Å². The first-order valence-electron chi connectivity index (χ1n) is 11.7. The molecular formula is C25H37N3O2. The summed E-state index contributed by atoms with van der Waals surface area (Å²) in [6.45, 7) is 10.6. The molecule has 1 aromatic carbocycles. The number of hydrogen-bond donors (Lipinski definition) is 0. The number of hydrogen-bond acceptors (Lipinski definition) is 3. The fourth-order valence-corrected chi connectivity index (χ4v) is 5.48. The van der Waals surface area contributed by atoms with E-state index in [1.807, 2.05) is 25.7 Å². The van der Waals surface area contributed by atoms with E-state index < -0.39 is 0 Å². The van der Waals surface area contributed by atoms with Gasteiger partial charge in [-0.2, -0.15) is 0 Å². The third-order valence-electron chi connectivity index (χ3n) is 7.18. The Morgan fingerprint density at radius 3 is 2.17 bits per heavy atom. The van der Waals surface area contributed by atoms with Crippen LogP contribution >= 0.6 is 0 Å². The Morgan fingerprint density at radius 1 is 0.900 bits per heavy atom. The van der Waals surface area contributed by atoms with Gasteiger partial charge in [-0.3, -0.25) is 14.5 Å². The summed E-state index contributed by atoms with van der Waals surface area (Å²) in [5.41, 5.74) is 2.33. The summed E-state index contributed by atoms with van der Waals surface area (Å²) >= 11 is 0. The fraction of sp³-hybridized carbons (Fsp3) is 0.680. The van der Waals surface area contributed by atoms with Gasteiger partial charge in [-0.15, -0.1) is 0 Å². The van der Waals surface area contributed by atoms with Crippen molar-refractivity contribution in [1.29, 1.82) is 0 Å². The predicted molar refractivity (Wildman–Crippen MR) is 119 cm³/mol. The molecule has 0 aromatic heterocycles. The van der Waals surface area contributed by atoms with Crippen LogP contribution in [-0.4, -0.2) is 65.3 Å². The molecule has 30 heavy (non-hydrogen) atoms. The van der Waals surface area contributed by atoms with Crippen LogP contribution in [0.2, 0.25) is 0 Å². The minimum atomic E-state index is -0.343. The highest BCUT2D eigenvalue weighted by molar-refractivity contribution is 5.83. The maximum atomic E-state index is 13.8. The molecule has 1 unspecified atom stereocenters. The molecule has 4 rings (SSSR count). The van der Waals surface area contributed by atoms with Gasteiger partial charge in [0, 0.05) is 44.7 Å². The standard InChI is InChI=1S/C25H37N3O2/c1-25(2,3)24(30)27-16-14-26(15-17-27)22(20-9-5-6-10-20)23(29)28-13-12-19-8-4-7-11-21(19)18-28/h4,7-8,11,20,22H,5-6,9-10,12-18H2,1-3H3. The minimum absolute atomic E-state index is 0.0235. The smallest absolute Gasteiger partial charge is 0.240 e. The molecule has 1 aromatic rings. The van der Waals surface area contributed by atoms with Gasteiger partial charge in [0.1, 0.15) is 0 Å². The summed E-state index contributed by atoms with van der Waals surface area (Å²) in [4.78, 5) is 32.9. The molecule has 0 N–H and O–H groups in total. The van der Waals surface area contributed by atoms with Crippen LogP contribution in [0.5, 0.6) is 0 Å². The van der Waals surface area contributed by atoms with E-state index in [2.05, 4.69) is 34.1 Å². The van der Waals surface area contributed by atoms with Crippen molar-refractivity contribution >= 4 is 11.8 Å². The summed E-state index contributed by atoms with van der Waals surface area (Å²) in [7, 11) is 0. The highest BCUT2D eigenvalue weighted by Gasteiger charge is 2.40. The van der Waals surface area contributed by atoms with Crippen LogP contribution < -0.4 is 0 Å². The number of carbonyl (C=O) groups is 2. The second kappa shape index (κ2) is 8.70. The number of benzene rings is 1. The Hall–Kier alpha value is -1.88. The van der Waals surface area contributed by atoms with Crippen LogP contribution in [0, 0.1) is 11.3 Å². The summed E-state index contributed by atoms with van der Waals surface area (Å²) in [5.74, 6) is 0.991. The SMILES string of the molecule is CC(C)(C)C(=O)N1CCN(C(C(=O)N2CCc3ccccc3C2)C2CCCC2)CC1. The van der Waals surface area contributed by atoms with Crippen molar-refractivity contribution in [3.63, 3.8) is 0 Å². The fourth-order valence-electron chi connectivity index (χ4n) is 5.48. The van der Waals surface area contributed by atoms with E-state index in [1.165, 1.54) is 24.0 Å². The van der Waals surface area contributed by atoms with Crippen LogP contribution in [0.1, 0.15) is 57.6 Å². The van der Waals surface area contributed by atoms with E-state index in [4.69, 9.17) is 0 Å². The maximum absolute atomic E-state index is 13.8. The van der Waals surface area contributed by atoms with Crippen LogP contribution in [0.4, 0.5) is 0 Å². The first-order valence-corrected chi connectivity index (χ1v) is 11.7. The Bertz CT molecular complexity index is 771. The average molecular weight is 412 g/mol. The van der Waals surface area contributed by atoms with Crippen molar-refractivity contribution in [3.8, 4) is 0 Å². The van der Waals surface area contributed by atoms with Gasteiger partial charge >= 0.3 is 0 Å². The van der Waals surface area contributed by atoms with Crippen molar-refractivity contribution in [2.45, 2.75) is 65.5 Å². The molecule has 1 saturated carbocycles. The van der Waals surface area contributed by atoms with Crippen LogP contribution in [0.15, 0.2) is 24.3 Å². The molecule has 0 bridgehead atoms. The molecule has 1 saturated heterocycles. The molecule has 5 nitrogen and oxygen atoms in total. The monoisotopic (exact) mass is 411 g/mol. The summed E-state index contributed by atoms with van der Waals surface area (Å²) in [5, 5.41) is 0. The van der Waals surface area contributed by atoms with Crippen molar-refractivity contribution in [2.24, 2.45) is 11.3 Å². The van der Waals surface area contributed by atoms with Crippen molar-refractivity contribution in [2.75, 3.05) is 32.7 Å². The number of amides is 2. The highest BCUT2D eigenvalue weighted by atomic mass is 16.2. The normalized spacial score (nSPS) is 22.1. The van der Waals surface area contributed by atoms with Gasteiger partial charge in [0.25, 0.3) is 0 Å². The number of nitrogens with zero attached hydrogens (tertiary/aromatic N) is 3. The van der Waals surface area contributed by atoms with Crippen LogP contribution in [0.25, 0.3) is 0 Å². The maximum Gasteiger partial charge on any atom is 0.240 e. The first-order chi connectivity index (χ1) is 14.3. The second-order valence-electron chi connectivity index (χ2n) is 10.3. The lowest BCUT2D eigenvalue weighted by molar-refractivity contribution is -0.145. The summed E-state index contributed by atoms with van der Waals surface area (Å²) in [6.07, 6.45) is 5.73. The Labute approximate surface area is 181 Å². The zero-order valence-electron chi connectivity index (χ0n) is 18.9. The highest BCUT2D eigenvalue weighted by Crippen LogP contribution is 2.33. The number of carbonyl (C=O) groups excluding carboxylic acids is 2. The zero-order valence-corrected chi connectivity index (χ0v) is 18.9. The van der Waals surface area contributed by atoms with Crippen LogP contribution in [0.3, 0.4) is 0 Å². The molecule has 0 radical (unpaired) electrons. The van der Waals surface area contributed by atoms with Gasteiger partial charge in [-0.25, -0.2) is 0 Å². The van der Waals surface area contributed by atoms with E-state index in [9.17, 15) is 9.59 Å². The van der Waals surface area contributed by atoms with Gasteiger partial charge in [-0.05, 0) is 36.3 Å². The average Bonchev–Trinajstić information content (AvgIpc) is 3.27. The molecule has 5 heteroatoms. The van der Waals surface area contributed by atoms with E-state index in [-0.39, 0.29) is 17.4 Å². The predicted octanol–water partition coefficient (Wildman–Crippen LogP) is 3.32. The molecule has 2 heterocycles. The first kappa shape index (κ1) is 21.4. The lowest BCUT2D eigenvalue weighted by Gasteiger charge is -2.44. The summed E-state index contributed by atoms with van der Waals surface area (Å²) in [6, 6.07) is 8.50. The molecule has 1 aliphatic carbocycles. The number of fused-ring (bicyclic) bond motifs is 1. The van der Waals surface area contributed by atoms with Crippen molar-refractivity contribution < 1.29 is 9.59 Å². The molecule has 3 aliphatic rings. The topological polar surface area (TPSA) is 43.9 Å². The van der Waals surface area contributed by atoms with E-state index in [0.29, 0.717) is 11.8 Å². The molecular weight excluding hydrogens is 374 g/mol. The van der Waals surface area contributed by atoms with Gasteiger partial charge in [-0.1, -0.05) is 57.9 Å². The Kier molecular flexibility index (Phi) is 6.19. The zero-order chi connectivity index (χ0) is 21.3. The molecule has 2 amide bonds. The largest absolute Gasteiger partial charge is 0.340 e. The molecule has 164 valence electrons. The molecule has 2 fully saturated rings. The van der Waals surface area contributed by atoms with E-state index >= 15 is 0 Å². The van der Waals surface area contributed by atoms with Gasteiger partial charge in [0.05, 0.1) is 6.04 Å². The minimum Gasteiger partial charge on any atom is -0.340 e. The third kappa shape index (κ3) is 4.41. The van der Waals surface area contributed by atoms with Gasteiger partial charge < -0.3 is 9.80 Å². The molecule has 0 spiro atoms. The molecule has 2 aliphatic heterocycles. The lowest BCUT2D eigenvalue weighted by Crippen LogP contribution is -2.59. The number of rotatable bonds is 3. The van der Waals surface area contributed by atoms with Crippen molar-refractivity contribution in [3.05, 3.63) is 35.4 Å². The number of piperazine rings is 1. The molecule has 1 atom stereocenters. The third-order valence-corrected chi connectivity index (χ3v) is 7.18. The van der Waals surface area contributed by atoms with Crippen LogP contribution in [-0.2, 0) is 22.6 Å². The lowest BCUT2D eigenvalue weighted by atomic mass is 9.92. The van der Waals surface area contributed by atoms with Crippen molar-refractivity contribution in [1.82, 2.24) is 14.7 Å². The quantitative estimate of drug-likeness (QED) is 0.766. The van der Waals surface area contributed by atoms with Gasteiger partial charge in [0.2, 0.25) is 11.8 Å².